The molecular formula is C14H11Cl2N3. The van der Waals surface area contributed by atoms with Crippen molar-refractivity contribution in [2.45, 2.75) is 6.92 Å². The van der Waals surface area contributed by atoms with Gasteiger partial charge in [0.05, 0.1) is 27.6 Å². The molecule has 0 aliphatic rings. The molecule has 0 unspecified atom stereocenters. The van der Waals surface area contributed by atoms with Crippen molar-refractivity contribution in [1.82, 2.24) is 0 Å². The third kappa shape index (κ3) is 2.76. The van der Waals surface area contributed by atoms with Crippen molar-refractivity contribution in [2.75, 3.05) is 11.1 Å². The number of nitrogens with two attached hydrogens (primary N) is 1. The summed E-state index contributed by atoms with van der Waals surface area (Å²) in [5.41, 5.74) is 8.88. The lowest BCUT2D eigenvalue weighted by Gasteiger charge is -2.13. The normalized spacial score (nSPS) is 10.0. The molecule has 19 heavy (non-hydrogen) atoms. The largest absolute Gasteiger partial charge is 0.396 e. The summed E-state index contributed by atoms with van der Waals surface area (Å²) in [4.78, 5) is 0. The molecule has 0 aliphatic carbocycles. The number of hydrogen-bond acceptors (Lipinski definition) is 3. The predicted octanol–water partition coefficient (Wildman–Crippen LogP) is 4.50. The van der Waals surface area contributed by atoms with Crippen LogP contribution in [0.15, 0.2) is 30.3 Å². The first-order valence-corrected chi connectivity index (χ1v) is 6.29. The fourth-order valence-electron chi connectivity index (χ4n) is 1.66. The number of anilines is 3. The predicted molar refractivity (Wildman–Crippen MR) is 80.1 cm³/mol. The summed E-state index contributed by atoms with van der Waals surface area (Å²) >= 11 is 12.2. The highest BCUT2D eigenvalue weighted by atomic mass is 35.5. The van der Waals surface area contributed by atoms with E-state index in [9.17, 15) is 0 Å². The number of para-hydroxylation sites is 1. The molecule has 3 nitrogen and oxygen atoms in total. The highest BCUT2D eigenvalue weighted by molar-refractivity contribution is 6.35. The molecule has 0 amide bonds. The first-order chi connectivity index (χ1) is 9.02. The molecule has 0 atom stereocenters. The summed E-state index contributed by atoms with van der Waals surface area (Å²) in [7, 11) is 0. The smallest absolute Gasteiger partial charge is 0.101 e. The topological polar surface area (TPSA) is 61.8 Å². The number of hydrogen-bond donors (Lipinski definition) is 2. The van der Waals surface area contributed by atoms with Crippen molar-refractivity contribution < 1.29 is 0 Å². The van der Waals surface area contributed by atoms with Crippen LogP contribution in [-0.2, 0) is 0 Å². The van der Waals surface area contributed by atoms with Crippen LogP contribution in [0.3, 0.4) is 0 Å². The second kappa shape index (κ2) is 5.40. The number of benzene rings is 2. The molecule has 2 aromatic carbocycles. The van der Waals surface area contributed by atoms with Crippen LogP contribution >= 0.6 is 23.2 Å². The number of nitriles is 1. The quantitative estimate of drug-likeness (QED) is 0.801. The van der Waals surface area contributed by atoms with E-state index in [1.807, 2.05) is 13.0 Å². The Kier molecular flexibility index (Phi) is 3.84. The Labute approximate surface area is 121 Å². The Morgan fingerprint density at radius 3 is 2.58 bits per heavy atom. The zero-order valence-electron chi connectivity index (χ0n) is 10.2. The van der Waals surface area contributed by atoms with Gasteiger partial charge in [-0.05, 0) is 36.8 Å². The lowest BCUT2D eigenvalue weighted by molar-refractivity contribution is 1.44. The summed E-state index contributed by atoms with van der Waals surface area (Å²) in [6, 6.07) is 10.7. The van der Waals surface area contributed by atoms with E-state index in [-0.39, 0.29) is 0 Å². The van der Waals surface area contributed by atoms with Crippen LogP contribution in [0.2, 0.25) is 10.0 Å². The molecule has 0 radical (unpaired) electrons. The van der Waals surface area contributed by atoms with Gasteiger partial charge in [-0.1, -0.05) is 29.3 Å². The fourth-order valence-corrected chi connectivity index (χ4v) is 2.09. The van der Waals surface area contributed by atoms with Gasteiger partial charge in [0.15, 0.2) is 0 Å². The van der Waals surface area contributed by atoms with Gasteiger partial charge in [-0.2, -0.15) is 5.26 Å². The standard InChI is InChI=1S/C14H11Cl2N3/c1-8-5-11(16)13(6-10(8)15)19-12-4-2-3-9(7-17)14(12)18/h2-6,19H,18H2,1H3. The Bertz CT molecular complexity index is 675. The zero-order valence-corrected chi connectivity index (χ0v) is 11.7. The lowest BCUT2D eigenvalue weighted by atomic mass is 10.1. The molecule has 2 rings (SSSR count). The van der Waals surface area contributed by atoms with E-state index in [2.05, 4.69) is 5.32 Å². The van der Waals surface area contributed by atoms with Gasteiger partial charge in [0.1, 0.15) is 6.07 Å². The van der Waals surface area contributed by atoms with Crippen LogP contribution in [0.25, 0.3) is 0 Å². The van der Waals surface area contributed by atoms with Crippen LogP contribution in [-0.4, -0.2) is 0 Å². The van der Waals surface area contributed by atoms with E-state index in [0.29, 0.717) is 32.7 Å². The number of halogens is 2. The van der Waals surface area contributed by atoms with E-state index >= 15 is 0 Å². The summed E-state index contributed by atoms with van der Waals surface area (Å²) in [6.45, 7) is 1.88. The minimum atomic E-state index is 0.387. The Morgan fingerprint density at radius 1 is 1.16 bits per heavy atom. The van der Waals surface area contributed by atoms with Crippen LogP contribution in [0.1, 0.15) is 11.1 Å². The maximum Gasteiger partial charge on any atom is 0.101 e. The SMILES string of the molecule is Cc1cc(Cl)c(Nc2cccc(C#N)c2N)cc1Cl. The Hall–Kier alpha value is -1.89. The highest BCUT2D eigenvalue weighted by Gasteiger charge is 2.08. The van der Waals surface area contributed by atoms with Crippen LogP contribution in [0, 0.1) is 18.3 Å². The summed E-state index contributed by atoms with van der Waals surface area (Å²) in [5, 5.41) is 13.2. The minimum Gasteiger partial charge on any atom is -0.396 e. The minimum absolute atomic E-state index is 0.387. The number of nitrogens with zero attached hydrogens (tertiary/aromatic N) is 1. The maximum absolute atomic E-state index is 8.94. The lowest BCUT2D eigenvalue weighted by Crippen LogP contribution is -1.99. The Balaban J connectivity index is 2.43. The van der Waals surface area contributed by atoms with E-state index < -0.39 is 0 Å². The third-order valence-electron chi connectivity index (χ3n) is 2.74. The van der Waals surface area contributed by atoms with Gasteiger partial charge in [-0.25, -0.2) is 0 Å². The van der Waals surface area contributed by atoms with Gasteiger partial charge in [0.25, 0.3) is 0 Å². The van der Waals surface area contributed by atoms with E-state index in [1.165, 1.54) is 0 Å². The zero-order chi connectivity index (χ0) is 14.0. The van der Waals surface area contributed by atoms with E-state index in [0.717, 1.165) is 5.56 Å². The molecule has 0 spiro atoms. The molecule has 0 heterocycles. The monoisotopic (exact) mass is 291 g/mol. The molecule has 3 N–H and O–H groups in total. The molecule has 2 aromatic rings. The van der Waals surface area contributed by atoms with Crippen molar-refractivity contribution in [3.8, 4) is 6.07 Å². The van der Waals surface area contributed by atoms with Gasteiger partial charge >= 0.3 is 0 Å². The molecule has 0 aliphatic heterocycles. The van der Waals surface area contributed by atoms with Gasteiger partial charge in [-0.15, -0.1) is 0 Å². The van der Waals surface area contributed by atoms with Crippen molar-refractivity contribution >= 4 is 40.3 Å². The van der Waals surface area contributed by atoms with Crippen molar-refractivity contribution in [3.63, 3.8) is 0 Å². The number of rotatable bonds is 2. The van der Waals surface area contributed by atoms with Gasteiger partial charge in [0, 0.05) is 5.02 Å². The van der Waals surface area contributed by atoms with Crippen LogP contribution < -0.4 is 11.1 Å². The average Bonchev–Trinajstić information content (AvgIpc) is 2.38. The van der Waals surface area contributed by atoms with Crippen molar-refractivity contribution in [1.29, 1.82) is 5.26 Å². The fraction of sp³-hybridized carbons (Fsp3) is 0.0714. The van der Waals surface area contributed by atoms with Crippen LogP contribution in [0.4, 0.5) is 17.1 Å². The van der Waals surface area contributed by atoms with Crippen LogP contribution in [0.5, 0.6) is 0 Å². The number of nitrogens with one attached hydrogen (secondary N) is 1. The number of aryl methyl sites for hydroxylation is 1. The third-order valence-corrected chi connectivity index (χ3v) is 3.46. The molecule has 0 saturated carbocycles. The summed E-state index contributed by atoms with van der Waals surface area (Å²) in [5.74, 6) is 0. The van der Waals surface area contributed by atoms with Crippen molar-refractivity contribution in [2.24, 2.45) is 0 Å². The molecule has 0 fully saturated rings. The average molecular weight is 292 g/mol. The summed E-state index contributed by atoms with van der Waals surface area (Å²) in [6.07, 6.45) is 0. The van der Waals surface area contributed by atoms with Gasteiger partial charge in [-0.3, -0.25) is 0 Å². The number of nitrogen functional groups attached to an aromatic ring is 1. The van der Waals surface area contributed by atoms with Crippen molar-refractivity contribution in [3.05, 3.63) is 51.5 Å². The second-order valence-corrected chi connectivity index (χ2v) is 4.90. The second-order valence-electron chi connectivity index (χ2n) is 4.08. The van der Waals surface area contributed by atoms with Gasteiger partial charge in [0.2, 0.25) is 0 Å². The van der Waals surface area contributed by atoms with E-state index in [1.54, 1.807) is 30.3 Å². The molecular weight excluding hydrogens is 281 g/mol. The highest BCUT2D eigenvalue weighted by Crippen LogP contribution is 2.33. The first-order valence-electron chi connectivity index (χ1n) is 5.54. The molecule has 96 valence electrons. The molecule has 0 saturated heterocycles. The van der Waals surface area contributed by atoms with Gasteiger partial charge < -0.3 is 11.1 Å². The molecule has 0 bridgehead atoms. The van der Waals surface area contributed by atoms with E-state index in [4.69, 9.17) is 34.2 Å². The summed E-state index contributed by atoms with van der Waals surface area (Å²) < 4.78 is 0. The maximum atomic E-state index is 8.94. The molecule has 5 heteroatoms. The first kappa shape index (κ1) is 13.5. The molecule has 0 aromatic heterocycles. The Morgan fingerprint density at radius 2 is 1.89 bits per heavy atom.